The van der Waals surface area contributed by atoms with Gasteiger partial charge in [0.2, 0.25) is 5.91 Å². The van der Waals surface area contributed by atoms with Gasteiger partial charge < -0.3 is 20.1 Å². The number of carboxylic acid groups (broad SMARTS) is 1. The van der Waals surface area contributed by atoms with Crippen molar-refractivity contribution >= 4 is 18.0 Å². The average molecular weight is 437 g/mol. The number of aliphatic carboxylic acids is 1. The van der Waals surface area contributed by atoms with Gasteiger partial charge in [-0.2, -0.15) is 0 Å². The molecule has 0 saturated heterocycles. The summed E-state index contributed by atoms with van der Waals surface area (Å²) in [6, 6.07) is 16.3. The third-order valence-electron chi connectivity index (χ3n) is 6.38. The van der Waals surface area contributed by atoms with Crippen LogP contribution in [0.25, 0.3) is 11.1 Å². The molecular weight excluding hydrogens is 408 g/mol. The highest BCUT2D eigenvalue weighted by atomic mass is 16.5. The van der Waals surface area contributed by atoms with Crippen LogP contribution in [-0.2, 0) is 14.3 Å². The van der Waals surface area contributed by atoms with Crippen molar-refractivity contribution in [1.29, 1.82) is 0 Å². The van der Waals surface area contributed by atoms with Crippen LogP contribution in [0.4, 0.5) is 4.79 Å². The van der Waals surface area contributed by atoms with E-state index in [1.165, 1.54) is 16.0 Å². The van der Waals surface area contributed by atoms with Crippen LogP contribution in [0, 0.1) is 0 Å². The van der Waals surface area contributed by atoms with E-state index in [1.54, 1.807) is 0 Å². The Morgan fingerprint density at radius 2 is 1.66 bits per heavy atom. The third-order valence-corrected chi connectivity index (χ3v) is 6.38. The SMILES string of the molecule is CCN(CCC(=O)O)C(=O)CC1(NC(=O)OCC2c3ccccc3-c3ccccc32)CC1. The third kappa shape index (κ3) is 4.61. The van der Waals surface area contributed by atoms with Gasteiger partial charge in [0, 0.05) is 19.0 Å². The van der Waals surface area contributed by atoms with Gasteiger partial charge in [-0.25, -0.2) is 4.79 Å². The van der Waals surface area contributed by atoms with Gasteiger partial charge >= 0.3 is 12.1 Å². The zero-order chi connectivity index (χ0) is 22.7. The Balaban J connectivity index is 1.34. The van der Waals surface area contributed by atoms with Crippen molar-refractivity contribution in [3.05, 3.63) is 59.7 Å². The number of nitrogens with zero attached hydrogens (tertiary/aromatic N) is 1. The molecule has 0 atom stereocenters. The number of ether oxygens (including phenoxy) is 1. The van der Waals surface area contributed by atoms with Crippen molar-refractivity contribution in [1.82, 2.24) is 10.2 Å². The first-order chi connectivity index (χ1) is 15.4. The Hall–Kier alpha value is -3.35. The van der Waals surface area contributed by atoms with Crippen molar-refractivity contribution in [2.45, 2.75) is 44.1 Å². The maximum atomic E-state index is 12.6. The number of carboxylic acids is 1. The molecule has 0 aromatic heterocycles. The van der Waals surface area contributed by atoms with Gasteiger partial charge in [-0.3, -0.25) is 9.59 Å². The highest BCUT2D eigenvalue weighted by molar-refractivity contribution is 5.81. The fraction of sp³-hybridized carbons (Fsp3) is 0.400. The Labute approximate surface area is 187 Å². The molecular formula is C25H28N2O5. The van der Waals surface area contributed by atoms with E-state index in [2.05, 4.69) is 29.6 Å². The fourth-order valence-electron chi connectivity index (χ4n) is 4.44. The van der Waals surface area contributed by atoms with Gasteiger partial charge in [-0.05, 0) is 42.0 Å². The Kier molecular flexibility index (Phi) is 6.17. The molecule has 2 aromatic rings. The first-order valence-corrected chi connectivity index (χ1v) is 11.1. The van der Waals surface area contributed by atoms with Gasteiger partial charge in [0.1, 0.15) is 6.61 Å². The minimum atomic E-state index is -0.936. The summed E-state index contributed by atoms with van der Waals surface area (Å²) >= 11 is 0. The normalized spacial score (nSPS) is 15.4. The Morgan fingerprint density at radius 3 is 2.19 bits per heavy atom. The summed E-state index contributed by atoms with van der Waals surface area (Å²) in [6.45, 7) is 2.65. The molecule has 0 radical (unpaired) electrons. The zero-order valence-electron chi connectivity index (χ0n) is 18.2. The molecule has 2 N–H and O–H groups in total. The number of benzene rings is 2. The molecule has 168 valence electrons. The number of nitrogens with one attached hydrogen (secondary N) is 1. The molecule has 32 heavy (non-hydrogen) atoms. The molecule has 0 heterocycles. The van der Waals surface area contributed by atoms with Crippen molar-refractivity contribution in [3.63, 3.8) is 0 Å². The molecule has 7 heteroatoms. The molecule has 2 aliphatic rings. The second kappa shape index (κ2) is 9.02. The average Bonchev–Trinajstić information content (AvgIpc) is 3.44. The van der Waals surface area contributed by atoms with E-state index in [-0.39, 0.29) is 37.8 Å². The highest BCUT2D eigenvalue weighted by Gasteiger charge is 2.47. The van der Waals surface area contributed by atoms with Crippen molar-refractivity contribution < 1.29 is 24.2 Å². The first-order valence-electron chi connectivity index (χ1n) is 11.1. The van der Waals surface area contributed by atoms with E-state index in [4.69, 9.17) is 9.84 Å². The number of hydrogen-bond acceptors (Lipinski definition) is 4. The number of alkyl carbamates (subject to hydrolysis) is 1. The number of carbonyl (C=O) groups is 3. The highest BCUT2D eigenvalue weighted by Crippen LogP contribution is 2.44. The van der Waals surface area contributed by atoms with Gasteiger partial charge in [-0.1, -0.05) is 48.5 Å². The van der Waals surface area contributed by atoms with Crippen molar-refractivity contribution in [2.24, 2.45) is 0 Å². The number of hydrogen-bond donors (Lipinski definition) is 2. The summed E-state index contributed by atoms with van der Waals surface area (Å²) in [5.41, 5.74) is 4.05. The topological polar surface area (TPSA) is 95.9 Å². The molecule has 4 rings (SSSR count). The molecule has 0 bridgehead atoms. The molecule has 2 aromatic carbocycles. The van der Waals surface area contributed by atoms with E-state index < -0.39 is 17.6 Å². The molecule has 1 fully saturated rings. The first kappa shape index (κ1) is 21.9. The maximum absolute atomic E-state index is 12.6. The predicted molar refractivity (Wildman–Crippen MR) is 119 cm³/mol. The lowest BCUT2D eigenvalue weighted by Crippen LogP contribution is -2.43. The Morgan fingerprint density at radius 1 is 1.06 bits per heavy atom. The van der Waals surface area contributed by atoms with Gasteiger partial charge in [-0.15, -0.1) is 0 Å². The fourth-order valence-corrected chi connectivity index (χ4v) is 4.44. The lowest BCUT2D eigenvalue weighted by molar-refractivity contribution is -0.138. The van der Waals surface area contributed by atoms with Crippen LogP contribution < -0.4 is 5.32 Å². The predicted octanol–water partition coefficient (Wildman–Crippen LogP) is 3.77. The lowest BCUT2D eigenvalue weighted by Gasteiger charge is -2.24. The number of rotatable bonds is 9. The number of carbonyl (C=O) groups excluding carboxylic acids is 2. The van der Waals surface area contributed by atoms with Crippen LogP contribution >= 0.6 is 0 Å². The molecule has 2 aliphatic carbocycles. The van der Waals surface area contributed by atoms with E-state index >= 15 is 0 Å². The van der Waals surface area contributed by atoms with Gasteiger partial charge in [0.05, 0.1) is 18.4 Å². The lowest BCUT2D eigenvalue weighted by atomic mass is 9.98. The van der Waals surface area contributed by atoms with Gasteiger partial charge in [0.25, 0.3) is 0 Å². The van der Waals surface area contributed by atoms with E-state index in [9.17, 15) is 14.4 Å². The summed E-state index contributed by atoms with van der Waals surface area (Å²) in [4.78, 5) is 37.5. The van der Waals surface area contributed by atoms with Crippen LogP contribution in [0.15, 0.2) is 48.5 Å². The van der Waals surface area contributed by atoms with Crippen LogP contribution in [-0.4, -0.2) is 53.2 Å². The molecule has 0 aliphatic heterocycles. The van der Waals surface area contributed by atoms with Gasteiger partial charge in [0.15, 0.2) is 0 Å². The zero-order valence-corrected chi connectivity index (χ0v) is 18.2. The van der Waals surface area contributed by atoms with E-state index in [1.807, 2.05) is 31.2 Å². The summed E-state index contributed by atoms with van der Waals surface area (Å²) in [7, 11) is 0. The molecule has 0 spiro atoms. The molecule has 1 saturated carbocycles. The minimum Gasteiger partial charge on any atom is -0.481 e. The van der Waals surface area contributed by atoms with Crippen molar-refractivity contribution in [2.75, 3.05) is 19.7 Å². The summed E-state index contributed by atoms with van der Waals surface area (Å²) in [6.07, 6.45) is 0.960. The van der Waals surface area contributed by atoms with Crippen LogP contribution in [0.1, 0.15) is 49.7 Å². The smallest absolute Gasteiger partial charge is 0.407 e. The van der Waals surface area contributed by atoms with Crippen LogP contribution in [0.5, 0.6) is 0 Å². The molecule has 7 nitrogen and oxygen atoms in total. The summed E-state index contributed by atoms with van der Waals surface area (Å²) in [5, 5.41) is 11.8. The molecule has 0 unspecified atom stereocenters. The Bertz CT molecular complexity index is 985. The van der Waals surface area contributed by atoms with Crippen molar-refractivity contribution in [3.8, 4) is 11.1 Å². The van der Waals surface area contributed by atoms with E-state index in [0.29, 0.717) is 19.4 Å². The largest absolute Gasteiger partial charge is 0.481 e. The van der Waals surface area contributed by atoms with Crippen LogP contribution in [0.2, 0.25) is 0 Å². The number of amides is 2. The number of fused-ring (bicyclic) bond motifs is 3. The van der Waals surface area contributed by atoms with Crippen LogP contribution in [0.3, 0.4) is 0 Å². The molecule has 2 amide bonds. The second-order valence-corrected chi connectivity index (χ2v) is 8.52. The second-order valence-electron chi connectivity index (χ2n) is 8.52. The maximum Gasteiger partial charge on any atom is 0.407 e. The summed E-state index contributed by atoms with van der Waals surface area (Å²) < 4.78 is 5.61. The van der Waals surface area contributed by atoms with E-state index in [0.717, 1.165) is 11.1 Å². The summed E-state index contributed by atoms with van der Waals surface area (Å²) in [5.74, 6) is -1.10. The quantitative estimate of drug-likeness (QED) is 0.624. The standard InChI is InChI=1S/C25H28N2O5/c1-2-27(14-11-23(29)30)22(28)15-25(12-13-25)26-24(31)32-16-21-19-9-5-3-7-17(19)18-8-4-6-10-20(18)21/h3-10,21H,2,11-16H2,1H3,(H,26,31)(H,29,30). The minimum absolute atomic E-state index is 0.0171. The monoisotopic (exact) mass is 436 g/mol.